The molecule has 2 rings (SSSR count). The summed E-state index contributed by atoms with van der Waals surface area (Å²) in [5.74, 6) is 1.14. The summed E-state index contributed by atoms with van der Waals surface area (Å²) < 4.78 is 16.2. The van der Waals surface area contributed by atoms with E-state index < -0.39 is 6.04 Å². The van der Waals surface area contributed by atoms with Gasteiger partial charge in [-0.1, -0.05) is 13.0 Å². The molecule has 1 aromatic carbocycles. The van der Waals surface area contributed by atoms with Gasteiger partial charge in [0.15, 0.2) is 11.5 Å². The van der Waals surface area contributed by atoms with E-state index in [0.717, 1.165) is 24.3 Å². The summed E-state index contributed by atoms with van der Waals surface area (Å²) in [5, 5.41) is 3.21. The van der Waals surface area contributed by atoms with Gasteiger partial charge in [-0.25, -0.2) is 4.79 Å². The van der Waals surface area contributed by atoms with E-state index in [1.165, 1.54) is 0 Å². The molecule has 0 bridgehead atoms. The van der Waals surface area contributed by atoms with Crippen LogP contribution in [0.25, 0.3) is 0 Å². The van der Waals surface area contributed by atoms with Crippen LogP contribution in [0.1, 0.15) is 31.9 Å². The van der Waals surface area contributed by atoms with E-state index in [0.29, 0.717) is 25.6 Å². The topological polar surface area (TPSA) is 56.8 Å². The second-order valence-corrected chi connectivity index (χ2v) is 4.54. The fourth-order valence-electron chi connectivity index (χ4n) is 2.09. The second kappa shape index (κ2) is 7.14. The highest BCUT2D eigenvalue weighted by atomic mass is 16.6. The number of benzene rings is 1. The molecule has 110 valence electrons. The monoisotopic (exact) mass is 279 g/mol. The molecule has 0 radical (unpaired) electrons. The predicted octanol–water partition coefficient (Wildman–Crippen LogP) is 2.06. The maximum atomic E-state index is 12.1. The highest BCUT2D eigenvalue weighted by molar-refractivity contribution is 5.78. The van der Waals surface area contributed by atoms with Gasteiger partial charge in [-0.05, 0) is 37.6 Å². The van der Waals surface area contributed by atoms with Crippen LogP contribution in [0.15, 0.2) is 18.2 Å². The molecule has 1 aliphatic rings. The number of hydrogen-bond acceptors (Lipinski definition) is 5. The molecule has 0 amide bonds. The van der Waals surface area contributed by atoms with Crippen molar-refractivity contribution in [2.75, 3.05) is 26.4 Å². The van der Waals surface area contributed by atoms with Gasteiger partial charge in [-0.3, -0.25) is 0 Å². The molecule has 20 heavy (non-hydrogen) atoms. The third-order valence-corrected chi connectivity index (χ3v) is 3.02. The Kier molecular flexibility index (Phi) is 5.24. The zero-order valence-corrected chi connectivity index (χ0v) is 12.0. The Morgan fingerprint density at radius 1 is 1.30 bits per heavy atom. The number of esters is 1. The van der Waals surface area contributed by atoms with Gasteiger partial charge in [0.2, 0.25) is 0 Å². The van der Waals surface area contributed by atoms with Crippen LogP contribution in [-0.2, 0) is 9.53 Å². The van der Waals surface area contributed by atoms with Crippen LogP contribution in [0.5, 0.6) is 11.5 Å². The summed E-state index contributed by atoms with van der Waals surface area (Å²) in [6.07, 6.45) is 0.945. The van der Waals surface area contributed by atoms with Crippen LogP contribution in [0.4, 0.5) is 0 Å². The molecular formula is C15H21NO4. The molecule has 0 aromatic heterocycles. The molecule has 1 N–H and O–H groups in total. The lowest BCUT2D eigenvalue weighted by Crippen LogP contribution is -2.31. The molecule has 0 saturated carbocycles. The summed E-state index contributed by atoms with van der Waals surface area (Å²) in [7, 11) is 0. The fourth-order valence-corrected chi connectivity index (χ4v) is 2.09. The molecular weight excluding hydrogens is 258 g/mol. The normalized spacial score (nSPS) is 14.7. The number of carbonyl (C=O) groups is 1. The smallest absolute Gasteiger partial charge is 0.327 e. The first-order valence-electron chi connectivity index (χ1n) is 7.05. The van der Waals surface area contributed by atoms with E-state index in [4.69, 9.17) is 14.2 Å². The molecule has 1 atom stereocenters. The van der Waals surface area contributed by atoms with Crippen molar-refractivity contribution in [3.8, 4) is 11.5 Å². The fraction of sp³-hybridized carbons (Fsp3) is 0.533. The Bertz CT molecular complexity index is 461. The summed E-state index contributed by atoms with van der Waals surface area (Å²) in [5.41, 5.74) is 0.834. The van der Waals surface area contributed by atoms with Gasteiger partial charge in [0.05, 0.1) is 6.61 Å². The number of ether oxygens (including phenoxy) is 3. The average molecular weight is 279 g/mol. The third-order valence-electron chi connectivity index (χ3n) is 3.02. The Morgan fingerprint density at radius 2 is 2.05 bits per heavy atom. The van der Waals surface area contributed by atoms with Gasteiger partial charge >= 0.3 is 5.97 Å². The third kappa shape index (κ3) is 3.42. The SMILES string of the molecule is CCCNC(C(=O)OCC)c1ccc2c(c1)OCCO2. The van der Waals surface area contributed by atoms with Crippen molar-refractivity contribution < 1.29 is 19.0 Å². The number of nitrogens with one attached hydrogen (secondary N) is 1. The highest BCUT2D eigenvalue weighted by Crippen LogP contribution is 2.32. The van der Waals surface area contributed by atoms with Gasteiger partial charge < -0.3 is 19.5 Å². The molecule has 1 heterocycles. The Morgan fingerprint density at radius 3 is 2.75 bits per heavy atom. The van der Waals surface area contributed by atoms with Crippen LogP contribution in [-0.4, -0.2) is 32.3 Å². The average Bonchev–Trinajstić information content (AvgIpc) is 2.48. The van der Waals surface area contributed by atoms with E-state index in [1.807, 2.05) is 18.2 Å². The highest BCUT2D eigenvalue weighted by Gasteiger charge is 2.23. The molecule has 1 aromatic rings. The van der Waals surface area contributed by atoms with Crippen LogP contribution in [0.2, 0.25) is 0 Å². The molecule has 0 aliphatic carbocycles. The van der Waals surface area contributed by atoms with Crippen molar-refractivity contribution in [1.82, 2.24) is 5.32 Å². The maximum Gasteiger partial charge on any atom is 0.327 e. The summed E-state index contributed by atoms with van der Waals surface area (Å²) in [4.78, 5) is 12.1. The lowest BCUT2D eigenvalue weighted by Gasteiger charge is -2.22. The van der Waals surface area contributed by atoms with E-state index in [9.17, 15) is 4.79 Å². The first kappa shape index (κ1) is 14.7. The molecule has 1 aliphatic heterocycles. The zero-order chi connectivity index (χ0) is 14.4. The van der Waals surface area contributed by atoms with Crippen LogP contribution in [0, 0.1) is 0 Å². The molecule has 0 spiro atoms. The number of carbonyl (C=O) groups excluding carboxylic acids is 1. The van der Waals surface area contributed by atoms with Crippen molar-refractivity contribution in [3.05, 3.63) is 23.8 Å². The minimum absolute atomic E-state index is 0.266. The molecule has 5 nitrogen and oxygen atoms in total. The standard InChI is InChI=1S/C15H21NO4/c1-3-7-16-14(15(17)18-4-2)11-5-6-12-13(10-11)20-9-8-19-12/h5-6,10,14,16H,3-4,7-9H2,1-2H3. The van der Waals surface area contributed by atoms with Gasteiger partial charge in [-0.2, -0.15) is 0 Å². The van der Waals surface area contributed by atoms with Gasteiger partial charge in [0, 0.05) is 0 Å². The van der Waals surface area contributed by atoms with Gasteiger partial charge in [0.25, 0.3) is 0 Å². The number of rotatable bonds is 6. The quantitative estimate of drug-likeness (QED) is 0.808. The summed E-state index contributed by atoms with van der Waals surface area (Å²) in [6.45, 7) is 6.06. The van der Waals surface area contributed by atoms with E-state index in [-0.39, 0.29) is 5.97 Å². The molecule has 5 heteroatoms. The Balaban J connectivity index is 2.20. The van der Waals surface area contributed by atoms with Gasteiger partial charge in [0.1, 0.15) is 19.3 Å². The number of hydrogen-bond donors (Lipinski definition) is 1. The van der Waals surface area contributed by atoms with E-state index in [1.54, 1.807) is 6.92 Å². The minimum Gasteiger partial charge on any atom is -0.486 e. The Hall–Kier alpha value is -1.75. The maximum absolute atomic E-state index is 12.1. The minimum atomic E-state index is -0.467. The predicted molar refractivity (Wildman–Crippen MR) is 75.1 cm³/mol. The lowest BCUT2D eigenvalue weighted by atomic mass is 10.1. The first-order chi connectivity index (χ1) is 9.76. The van der Waals surface area contributed by atoms with Crippen molar-refractivity contribution >= 4 is 5.97 Å². The van der Waals surface area contributed by atoms with Crippen molar-refractivity contribution in [2.45, 2.75) is 26.3 Å². The van der Waals surface area contributed by atoms with Gasteiger partial charge in [-0.15, -0.1) is 0 Å². The zero-order valence-electron chi connectivity index (χ0n) is 12.0. The summed E-state index contributed by atoms with van der Waals surface area (Å²) >= 11 is 0. The van der Waals surface area contributed by atoms with Crippen molar-refractivity contribution in [1.29, 1.82) is 0 Å². The molecule has 0 saturated heterocycles. The van der Waals surface area contributed by atoms with Crippen molar-refractivity contribution in [2.24, 2.45) is 0 Å². The lowest BCUT2D eigenvalue weighted by molar-refractivity contribution is -0.145. The Labute approximate surface area is 119 Å². The van der Waals surface area contributed by atoms with Crippen LogP contribution in [0.3, 0.4) is 0 Å². The number of fused-ring (bicyclic) bond motifs is 1. The summed E-state index contributed by atoms with van der Waals surface area (Å²) in [6, 6.07) is 5.09. The van der Waals surface area contributed by atoms with Crippen molar-refractivity contribution in [3.63, 3.8) is 0 Å². The largest absolute Gasteiger partial charge is 0.486 e. The van der Waals surface area contributed by atoms with Crippen LogP contribution < -0.4 is 14.8 Å². The first-order valence-corrected chi connectivity index (χ1v) is 7.05. The van der Waals surface area contributed by atoms with Crippen LogP contribution >= 0.6 is 0 Å². The molecule has 0 fully saturated rings. The molecule has 1 unspecified atom stereocenters. The van der Waals surface area contributed by atoms with E-state index >= 15 is 0 Å². The second-order valence-electron chi connectivity index (χ2n) is 4.54. The van der Waals surface area contributed by atoms with E-state index in [2.05, 4.69) is 12.2 Å².